The minimum absolute atomic E-state index is 0.0272. The maximum Gasteiger partial charge on any atom is 0.256 e. The Hall–Kier alpha value is -3.49. The predicted molar refractivity (Wildman–Crippen MR) is 142 cm³/mol. The maximum atomic E-state index is 15.9. The number of pyridine rings is 1. The maximum absolute atomic E-state index is 15.9. The Labute approximate surface area is 222 Å². The van der Waals surface area contributed by atoms with E-state index in [2.05, 4.69) is 38.9 Å². The van der Waals surface area contributed by atoms with Gasteiger partial charge in [0.2, 0.25) is 0 Å². The second kappa shape index (κ2) is 9.06. The number of alkyl halides is 1. The number of phenols is 1. The lowest BCUT2D eigenvalue weighted by molar-refractivity contribution is 0.0357. The third-order valence-corrected chi connectivity index (χ3v) is 8.75. The summed E-state index contributed by atoms with van der Waals surface area (Å²) in [7, 11) is 3.08. The first-order valence-electron chi connectivity index (χ1n) is 13.3. The van der Waals surface area contributed by atoms with Gasteiger partial charge in [-0.1, -0.05) is 19.9 Å². The summed E-state index contributed by atoms with van der Waals surface area (Å²) in [6.07, 6.45) is 8.31. The lowest BCUT2D eigenvalue weighted by atomic mass is 9.67. The molecule has 0 saturated heterocycles. The Morgan fingerprint density at radius 3 is 2.47 bits per heavy atom. The van der Waals surface area contributed by atoms with Crippen LogP contribution in [0.4, 0.5) is 10.2 Å². The van der Waals surface area contributed by atoms with Crippen LogP contribution < -0.4 is 14.4 Å². The van der Waals surface area contributed by atoms with Crippen LogP contribution in [0.1, 0.15) is 52.4 Å². The molecule has 3 aromatic rings. The molecule has 0 amide bonds. The molecular formula is C29H34FN5O3. The number of anilines is 1. The molecule has 200 valence electrons. The molecule has 38 heavy (non-hydrogen) atoms. The van der Waals surface area contributed by atoms with E-state index in [0.717, 1.165) is 49.7 Å². The van der Waals surface area contributed by atoms with Gasteiger partial charge in [0.15, 0.2) is 17.4 Å². The molecule has 2 bridgehead atoms. The monoisotopic (exact) mass is 519 g/mol. The molecule has 3 aliphatic rings. The van der Waals surface area contributed by atoms with Crippen LogP contribution in [-0.2, 0) is 0 Å². The molecule has 0 radical (unpaired) electrons. The minimum atomic E-state index is -0.900. The highest BCUT2D eigenvalue weighted by Crippen LogP contribution is 2.60. The number of nitrogens with zero attached hydrogens (tertiary/aromatic N) is 5. The van der Waals surface area contributed by atoms with Crippen LogP contribution in [0, 0.1) is 10.8 Å². The molecule has 0 aliphatic heterocycles. The van der Waals surface area contributed by atoms with E-state index >= 15 is 4.39 Å². The molecule has 2 heterocycles. The number of ether oxygens (including phenoxy) is 2. The van der Waals surface area contributed by atoms with Crippen LogP contribution in [0.15, 0.2) is 36.7 Å². The van der Waals surface area contributed by atoms with E-state index in [1.807, 2.05) is 6.07 Å². The molecule has 8 nitrogen and oxygen atoms in total. The number of hydrogen-bond acceptors (Lipinski definition) is 8. The zero-order chi connectivity index (χ0) is 26.7. The van der Waals surface area contributed by atoms with Crippen molar-refractivity contribution in [2.24, 2.45) is 10.8 Å². The summed E-state index contributed by atoms with van der Waals surface area (Å²) < 4.78 is 26.5. The summed E-state index contributed by atoms with van der Waals surface area (Å²) in [5.74, 6) is 1.85. The van der Waals surface area contributed by atoms with Gasteiger partial charge in [-0.05, 0) is 67.7 Å². The standard InChI is InChI=1S/C29H34FN5O3/c1-28-9-10-29(2,16-28)25(30)21(13-28)35(19-6-7-19)24-15-31-26(34-33-24)20-8-5-17(11-22(20)36)18-12-23(37-3)27(38-4)32-14-18/h5,8,11-12,14-15,19,21,25,36H,6-7,9-10,13,16H2,1-4H3/t21-,25-,28-,29-/m1/s1. The Morgan fingerprint density at radius 2 is 1.82 bits per heavy atom. The fourth-order valence-corrected chi connectivity index (χ4v) is 6.74. The third kappa shape index (κ3) is 4.22. The molecule has 2 aromatic heterocycles. The zero-order valence-electron chi connectivity index (χ0n) is 22.3. The summed E-state index contributed by atoms with van der Waals surface area (Å²) in [6.45, 7) is 4.41. The van der Waals surface area contributed by atoms with Crippen molar-refractivity contribution in [1.82, 2.24) is 20.2 Å². The lowest BCUT2D eigenvalue weighted by Crippen LogP contribution is -2.54. The Morgan fingerprint density at radius 1 is 1.00 bits per heavy atom. The highest BCUT2D eigenvalue weighted by Gasteiger charge is 2.58. The van der Waals surface area contributed by atoms with Gasteiger partial charge in [-0.25, -0.2) is 14.4 Å². The first-order valence-corrected chi connectivity index (χ1v) is 13.3. The smallest absolute Gasteiger partial charge is 0.256 e. The van der Waals surface area contributed by atoms with E-state index < -0.39 is 6.17 Å². The van der Waals surface area contributed by atoms with E-state index in [1.54, 1.807) is 37.7 Å². The number of phenolic OH excluding ortho intramolecular Hbond substituents is 1. The molecule has 1 aromatic carbocycles. The average molecular weight is 520 g/mol. The van der Waals surface area contributed by atoms with Gasteiger partial charge >= 0.3 is 0 Å². The molecule has 1 N–H and O–H groups in total. The SMILES string of the molecule is COc1cc(-c2ccc(-c3ncc(N(C4CC4)[C@@H]4C[C@@]5(C)CC[C@](C)(C5)[C@@H]4F)nn3)c(O)c2)cnc1OC. The van der Waals surface area contributed by atoms with Crippen LogP contribution in [0.5, 0.6) is 17.4 Å². The average Bonchev–Trinajstić information content (AvgIpc) is 3.71. The van der Waals surface area contributed by atoms with Crippen molar-refractivity contribution in [1.29, 1.82) is 0 Å². The van der Waals surface area contributed by atoms with Crippen LogP contribution in [0.2, 0.25) is 0 Å². The molecule has 3 fully saturated rings. The minimum Gasteiger partial charge on any atom is -0.507 e. The Kier molecular flexibility index (Phi) is 5.92. The molecule has 0 unspecified atom stereocenters. The van der Waals surface area contributed by atoms with Gasteiger partial charge in [0.1, 0.15) is 11.9 Å². The molecule has 3 aliphatic carbocycles. The molecule has 9 heteroatoms. The fraction of sp³-hybridized carbons (Fsp3) is 0.517. The molecular weight excluding hydrogens is 485 g/mol. The van der Waals surface area contributed by atoms with Crippen molar-refractivity contribution in [3.63, 3.8) is 0 Å². The molecule has 0 spiro atoms. The normalized spacial score (nSPS) is 28.2. The second-order valence-corrected chi connectivity index (χ2v) is 11.8. The van der Waals surface area contributed by atoms with E-state index in [1.165, 1.54) is 7.11 Å². The Bertz CT molecular complexity index is 1350. The number of halogens is 1. The van der Waals surface area contributed by atoms with Gasteiger partial charge in [-0.15, -0.1) is 10.2 Å². The summed E-state index contributed by atoms with van der Waals surface area (Å²) in [5.41, 5.74) is 1.89. The fourth-order valence-electron chi connectivity index (χ4n) is 6.74. The number of benzene rings is 1. The topological polar surface area (TPSA) is 93.5 Å². The van der Waals surface area contributed by atoms with Gasteiger partial charge < -0.3 is 19.5 Å². The second-order valence-electron chi connectivity index (χ2n) is 11.8. The highest BCUT2D eigenvalue weighted by molar-refractivity contribution is 5.73. The van der Waals surface area contributed by atoms with Crippen molar-refractivity contribution in [3.05, 3.63) is 36.7 Å². The van der Waals surface area contributed by atoms with Crippen molar-refractivity contribution in [2.45, 2.75) is 70.6 Å². The number of fused-ring (bicyclic) bond motifs is 2. The third-order valence-electron chi connectivity index (χ3n) is 8.75. The van der Waals surface area contributed by atoms with Crippen LogP contribution >= 0.6 is 0 Å². The van der Waals surface area contributed by atoms with E-state index in [4.69, 9.17) is 9.47 Å². The predicted octanol–water partition coefficient (Wildman–Crippen LogP) is 5.60. The summed E-state index contributed by atoms with van der Waals surface area (Å²) in [5, 5.41) is 19.7. The van der Waals surface area contributed by atoms with E-state index in [9.17, 15) is 5.11 Å². The van der Waals surface area contributed by atoms with E-state index in [0.29, 0.717) is 28.8 Å². The summed E-state index contributed by atoms with van der Waals surface area (Å²) >= 11 is 0. The van der Waals surface area contributed by atoms with Gasteiger partial charge in [0.05, 0.1) is 32.0 Å². The van der Waals surface area contributed by atoms with Crippen LogP contribution in [-0.4, -0.2) is 57.7 Å². The number of rotatable bonds is 7. The molecule has 3 saturated carbocycles. The zero-order valence-corrected chi connectivity index (χ0v) is 22.3. The van der Waals surface area contributed by atoms with E-state index in [-0.39, 0.29) is 28.7 Å². The van der Waals surface area contributed by atoms with Gasteiger partial charge in [-0.2, -0.15) is 0 Å². The number of aromatic nitrogens is 4. The van der Waals surface area contributed by atoms with Crippen molar-refractivity contribution < 1.29 is 19.0 Å². The first kappa shape index (κ1) is 24.8. The highest BCUT2D eigenvalue weighted by atomic mass is 19.1. The van der Waals surface area contributed by atoms with Crippen LogP contribution in [0.3, 0.4) is 0 Å². The van der Waals surface area contributed by atoms with Gasteiger partial charge in [0, 0.05) is 23.2 Å². The van der Waals surface area contributed by atoms with Gasteiger partial charge in [0.25, 0.3) is 5.88 Å². The summed E-state index contributed by atoms with van der Waals surface area (Å²) in [6, 6.07) is 7.13. The van der Waals surface area contributed by atoms with Crippen molar-refractivity contribution >= 4 is 5.82 Å². The quantitative estimate of drug-likeness (QED) is 0.431. The van der Waals surface area contributed by atoms with Crippen LogP contribution in [0.25, 0.3) is 22.5 Å². The number of aromatic hydroxyl groups is 1. The van der Waals surface area contributed by atoms with Crippen molar-refractivity contribution in [2.75, 3.05) is 19.1 Å². The number of methoxy groups -OCH3 is 2. The Balaban J connectivity index is 1.26. The number of hydrogen-bond donors (Lipinski definition) is 1. The van der Waals surface area contributed by atoms with Crippen molar-refractivity contribution in [3.8, 4) is 39.9 Å². The molecule has 4 atom stereocenters. The molecule has 6 rings (SSSR count). The largest absolute Gasteiger partial charge is 0.507 e. The summed E-state index contributed by atoms with van der Waals surface area (Å²) in [4.78, 5) is 11.0. The lowest BCUT2D eigenvalue weighted by Gasteiger charge is -2.47. The first-order chi connectivity index (χ1) is 18.2. The van der Waals surface area contributed by atoms with Gasteiger partial charge in [-0.3, -0.25) is 0 Å².